The minimum absolute atomic E-state index is 0.411. The highest BCUT2D eigenvalue weighted by atomic mass is 32.2. The Morgan fingerprint density at radius 1 is 1.44 bits per heavy atom. The number of hydrogen-bond acceptors (Lipinski definition) is 4. The molecule has 1 aromatic carbocycles. The number of fused-ring (bicyclic) bond motifs is 1. The van der Waals surface area contributed by atoms with Gasteiger partial charge in [-0.05, 0) is 11.6 Å². The Labute approximate surface area is 94.9 Å². The van der Waals surface area contributed by atoms with E-state index in [0.717, 1.165) is 24.0 Å². The second-order valence-electron chi connectivity index (χ2n) is 3.85. The zero-order valence-corrected chi connectivity index (χ0v) is 10.0. The maximum atomic E-state index is 11.4. The Balaban J connectivity index is 2.50. The Hall–Kier alpha value is -1.43. The third-order valence-electron chi connectivity index (χ3n) is 2.68. The lowest BCUT2D eigenvalue weighted by Gasteiger charge is -2.19. The van der Waals surface area contributed by atoms with E-state index in [9.17, 15) is 8.42 Å². The molecule has 1 heterocycles. The van der Waals surface area contributed by atoms with Crippen molar-refractivity contribution in [1.29, 1.82) is 0 Å². The molecular weight excluding hydrogens is 228 g/mol. The number of ether oxygens (including phenoxy) is 1. The van der Waals surface area contributed by atoms with Crippen molar-refractivity contribution in [1.82, 2.24) is 0 Å². The maximum absolute atomic E-state index is 11.4. The summed E-state index contributed by atoms with van der Waals surface area (Å²) in [4.78, 5) is 0. The normalized spacial score (nSPS) is 14.4. The Morgan fingerprint density at radius 2 is 2.12 bits per heavy atom. The third-order valence-corrected chi connectivity index (χ3v) is 3.87. The van der Waals surface area contributed by atoms with E-state index in [4.69, 9.17) is 10.5 Å². The predicted octanol–water partition coefficient (Wildman–Crippen LogP) is 0.600. The first-order valence-electron chi connectivity index (χ1n) is 4.88. The maximum Gasteiger partial charge on any atom is 0.232 e. The molecular formula is C10H14N2O3S. The molecule has 88 valence electrons. The number of sulfonamides is 1. The number of nitrogen functional groups attached to an aromatic ring is 1. The Bertz CT molecular complexity index is 525. The molecule has 0 saturated carbocycles. The molecule has 0 saturated heterocycles. The van der Waals surface area contributed by atoms with Gasteiger partial charge < -0.3 is 10.5 Å². The highest BCUT2D eigenvalue weighted by molar-refractivity contribution is 7.92. The van der Waals surface area contributed by atoms with E-state index in [2.05, 4.69) is 0 Å². The Morgan fingerprint density at radius 3 is 2.75 bits per heavy atom. The minimum Gasteiger partial charge on any atom is -0.493 e. The van der Waals surface area contributed by atoms with Gasteiger partial charge in [0.2, 0.25) is 10.0 Å². The number of anilines is 2. The monoisotopic (exact) mass is 242 g/mol. The largest absolute Gasteiger partial charge is 0.493 e. The molecule has 0 unspecified atom stereocenters. The lowest BCUT2D eigenvalue weighted by Crippen LogP contribution is -2.25. The SMILES string of the molecule is CN(c1cc2c(cc1N)OCC2)S(C)(=O)=O. The number of benzene rings is 1. The van der Waals surface area contributed by atoms with Crippen molar-refractivity contribution in [2.24, 2.45) is 0 Å². The smallest absolute Gasteiger partial charge is 0.232 e. The molecule has 1 aliphatic rings. The van der Waals surface area contributed by atoms with E-state index in [0.29, 0.717) is 18.0 Å². The molecule has 0 aromatic heterocycles. The number of hydrogen-bond donors (Lipinski definition) is 1. The molecule has 0 bridgehead atoms. The van der Waals surface area contributed by atoms with Crippen LogP contribution in [0.2, 0.25) is 0 Å². The lowest BCUT2D eigenvalue weighted by molar-refractivity contribution is 0.357. The summed E-state index contributed by atoms with van der Waals surface area (Å²) in [6.07, 6.45) is 1.94. The average Bonchev–Trinajstić information content (AvgIpc) is 2.60. The molecule has 5 nitrogen and oxygen atoms in total. The zero-order chi connectivity index (χ0) is 11.9. The van der Waals surface area contributed by atoms with Gasteiger partial charge in [0.25, 0.3) is 0 Å². The Kier molecular flexibility index (Phi) is 2.46. The van der Waals surface area contributed by atoms with Crippen LogP contribution in [-0.4, -0.2) is 28.3 Å². The van der Waals surface area contributed by atoms with Gasteiger partial charge in [0, 0.05) is 19.5 Å². The zero-order valence-electron chi connectivity index (χ0n) is 9.23. The molecule has 1 aliphatic heterocycles. The summed E-state index contributed by atoms with van der Waals surface area (Å²) in [5.74, 6) is 0.753. The van der Waals surface area contributed by atoms with Crippen molar-refractivity contribution >= 4 is 21.4 Å². The molecule has 6 heteroatoms. The first-order valence-corrected chi connectivity index (χ1v) is 6.73. The molecule has 2 rings (SSSR count). The van der Waals surface area contributed by atoms with Crippen LogP contribution in [0.25, 0.3) is 0 Å². The van der Waals surface area contributed by atoms with E-state index >= 15 is 0 Å². The summed E-state index contributed by atoms with van der Waals surface area (Å²) in [5.41, 5.74) is 7.72. The standard InChI is InChI=1S/C10H14N2O3S/c1-12(16(2,13)14)9-5-7-3-4-15-10(7)6-8(9)11/h5-6H,3-4,11H2,1-2H3. The summed E-state index contributed by atoms with van der Waals surface area (Å²) in [6.45, 7) is 0.626. The van der Waals surface area contributed by atoms with Crippen LogP contribution in [0.15, 0.2) is 12.1 Å². The first-order chi connectivity index (χ1) is 7.39. The molecule has 2 N–H and O–H groups in total. The highest BCUT2D eigenvalue weighted by Gasteiger charge is 2.20. The molecule has 0 aliphatic carbocycles. The summed E-state index contributed by atoms with van der Waals surface area (Å²) in [7, 11) is -1.79. The van der Waals surface area contributed by atoms with Gasteiger partial charge in [-0.3, -0.25) is 4.31 Å². The van der Waals surface area contributed by atoms with Crippen molar-refractivity contribution in [3.63, 3.8) is 0 Å². The van der Waals surface area contributed by atoms with Crippen LogP contribution in [0.3, 0.4) is 0 Å². The van der Waals surface area contributed by atoms with Crippen molar-refractivity contribution in [3.8, 4) is 5.75 Å². The summed E-state index contributed by atoms with van der Waals surface area (Å²) >= 11 is 0. The van der Waals surface area contributed by atoms with Crippen molar-refractivity contribution in [3.05, 3.63) is 17.7 Å². The second kappa shape index (κ2) is 3.55. The lowest BCUT2D eigenvalue weighted by atomic mass is 10.1. The highest BCUT2D eigenvalue weighted by Crippen LogP contribution is 2.35. The van der Waals surface area contributed by atoms with Gasteiger partial charge in [0.15, 0.2) is 0 Å². The van der Waals surface area contributed by atoms with E-state index in [1.54, 1.807) is 12.1 Å². The van der Waals surface area contributed by atoms with Gasteiger partial charge >= 0.3 is 0 Å². The number of nitrogens with two attached hydrogens (primary N) is 1. The van der Waals surface area contributed by atoms with E-state index < -0.39 is 10.0 Å². The van der Waals surface area contributed by atoms with Crippen LogP contribution in [0, 0.1) is 0 Å². The number of nitrogens with zero attached hydrogens (tertiary/aromatic N) is 1. The summed E-state index contributed by atoms with van der Waals surface area (Å²) in [5, 5.41) is 0. The molecule has 0 fully saturated rings. The first kappa shape index (κ1) is 11.1. The van der Waals surface area contributed by atoms with Crippen molar-refractivity contribution in [2.75, 3.05) is 29.9 Å². The van der Waals surface area contributed by atoms with Crippen molar-refractivity contribution in [2.45, 2.75) is 6.42 Å². The van der Waals surface area contributed by atoms with E-state index in [-0.39, 0.29) is 0 Å². The van der Waals surface area contributed by atoms with E-state index in [1.807, 2.05) is 0 Å². The molecule has 0 spiro atoms. The van der Waals surface area contributed by atoms with Gasteiger partial charge in [-0.25, -0.2) is 8.42 Å². The van der Waals surface area contributed by atoms with Gasteiger partial charge in [0.1, 0.15) is 5.75 Å². The van der Waals surface area contributed by atoms with Crippen LogP contribution >= 0.6 is 0 Å². The van der Waals surface area contributed by atoms with Gasteiger partial charge in [-0.2, -0.15) is 0 Å². The fraction of sp³-hybridized carbons (Fsp3) is 0.400. The number of rotatable bonds is 2. The van der Waals surface area contributed by atoms with E-state index in [1.165, 1.54) is 11.4 Å². The molecule has 0 radical (unpaired) electrons. The molecule has 0 amide bonds. The van der Waals surface area contributed by atoms with Gasteiger partial charge in [-0.15, -0.1) is 0 Å². The fourth-order valence-electron chi connectivity index (χ4n) is 1.68. The third kappa shape index (κ3) is 1.80. The second-order valence-corrected chi connectivity index (χ2v) is 5.86. The van der Waals surface area contributed by atoms with Crippen LogP contribution in [0.5, 0.6) is 5.75 Å². The predicted molar refractivity (Wildman–Crippen MR) is 63.3 cm³/mol. The molecule has 0 atom stereocenters. The van der Waals surface area contributed by atoms with Crippen LogP contribution in [-0.2, 0) is 16.4 Å². The topological polar surface area (TPSA) is 72.6 Å². The van der Waals surface area contributed by atoms with Crippen LogP contribution in [0.4, 0.5) is 11.4 Å². The summed E-state index contributed by atoms with van der Waals surface area (Å²) in [6, 6.07) is 3.46. The van der Waals surface area contributed by atoms with Crippen molar-refractivity contribution < 1.29 is 13.2 Å². The average molecular weight is 242 g/mol. The fourth-order valence-corrected chi connectivity index (χ4v) is 2.19. The molecule has 1 aromatic rings. The quantitative estimate of drug-likeness (QED) is 0.771. The molecule has 16 heavy (non-hydrogen) atoms. The minimum atomic E-state index is -3.28. The van der Waals surface area contributed by atoms with Gasteiger partial charge in [-0.1, -0.05) is 0 Å². The van der Waals surface area contributed by atoms with Crippen LogP contribution in [0.1, 0.15) is 5.56 Å². The summed E-state index contributed by atoms with van der Waals surface area (Å²) < 4.78 is 29.4. The van der Waals surface area contributed by atoms with Crippen LogP contribution < -0.4 is 14.8 Å². The van der Waals surface area contributed by atoms with Gasteiger partial charge in [0.05, 0.1) is 24.2 Å².